The quantitative estimate of drug-likeness (QED) is 0.696. The fourth-order valence-electron chi connectivity index (χ4n) is 2.53. The zero-order valence-electron chi connectivity index (χ0n) is 11.0. The van der Waals surface area contributed by atoms with Gasteiger partial charge in [0.25, 0.3) is 5.69 Å². The maximum atomic E-state index is 11.3. The zero-order chi connectivity index (χ0) is 15.0. The van der Waals surface area contributed by atoms with Gasteiger partial charge in [-0.05, 0) is 29.5 Å². The summed E-state index contributed by atoms with van der Waals surface area (Å²) in [5, 5.41) is 22.2. The fourth-order valence-corrected chi connectivity index (χ4v) is 3.42. The second-order valence-electron chi connectivity index (χ2n) is 4.80. The van der Waals surface area contributed by atoms with Gasteiger partial charge in [0.15, 0.2) is 0 Å². The highest BCUT2D eigenvalue weighted by Crippen LogP contribution is 2.32. The SMILES string of the molecule is O=C(O)c1ccc([N+](=O)[O-])cc1N1CCc2sccc2C1. The number of thiophene rings is 1. The molecule has 0 aliphatic carbocycles. The molecule has 21 heavy (non-hydrogen) atoms. The van der Waals surface area contributed by atoms with Crippen molar-refractivity contribution in [2.75, 3.05) is 11.4 Å². The Hall–Kier alpha value is -2.41. The normalized spacial score (nSPS) is 13.8. The molecule has 0 atom stereocenters. The van der Waals surface area contributed by atoms with E-state index in [9.17, 15) is 20.0 Å². The molecule has 1 N–H and O–H groups in total. The van der Waals surface area contributed by atoms with Crippen molar-refractivity contribution in [3.63, 3.8) is 0 Å². The number of carbonyl (C=O) groups is 1. The number of nitro groups is 1. The van der Waals surface area contributed by atoms with Crippen molar-refractivity contribution in [2.45, 2.75) is 13.0 Å². The summed E-state index contributed by atoms with van der Waals surface area (Å²) in [4.78, 5) is 25.0. The van der Waals surface area contributed by atoms with Crippen molar-refractivity contribution in [3.05, 3.63) is 55.8 Å². The van der Waals surface area contributed by atoms with E-state index in [0.29, 0.717) is 18.8 Å². The van der Waals surface area contributed by atoms with Crippen LogP contribution in [0.15, 0.2) is 29.6 Å². The summed E-state index contributed by atoms with van der Waals surface area (Å²) in [6.07, 6.45) is 0.828. The maximum Gasteiger partial charge on any atom is 0.337 e. The highest BCUT2D eigenvalue weighted by Gasteiger charge is 2.24. The van der Waals surface area contributed by atoms with E-state index in [2.05, 4.69) is 0 Å². The van der Waals surface area contributed by atoms with Crippen molar-refractivity contribution >= 4 is 28.7 Å². The predicted octanol–water partition coefficient (Wildman–Crippen LogP) is 2.92. The molecule has 0 fully saturated rings. The number of non-ortho nitro benzene ring substituents is 1. The van der Waals surface area contributed by atoms with E-state index in [1.54, 1.807) is 11.3 Å². The van der Waals surface area contributed by atoms with Crippen molar-refractivity contribution in [1.82, 2.24) is 0 Å². The van der Waals surface area contributed by atoms with Gasteiger partial charge in [-0.25, -0.2) is 4.79 Å². The molecule has 7 heteroatoms. The van der Waals surface area contributed by atoms with Crippen molar-refractivity contribution in [2.24, 2.45) is 0 Å². The number of anilines is 1. The second kappa shape index (κ2) is 5.17. The third kappa shape index (κ3) is 2.47. The lowest BCUT2D eigenvalue weighted by Crippen LogP contribution is -2.30. The molecule has 0 unspecified atom stereocenters. The smallest absolute Gasteiger partial charge is 0.337 e. The van der Waals surface area contributed by atoms with Gasteiger partial charge in [-0.15, -0.1) is 11.3 Å². The van der Waals surface area contributed by atoms with Crippen molar-refractivity contribution in [3.8, 4) is 0 Å². The molecule has 0 radical (unpaired) electrons. The van der Waals surface area contributed by atoms with Crippen LogP contribution in [0, 0.1) is 10.1 Å². The second-order valence-corrected chi connectivity index (χ2v) is 5.80. The number of hydrogen-bond donors (Lipinski definition) is 1. The Bertz CT molecular complexity index is 726. The summed E-state index contributed by atoms with van der Waals surface area (Å²) in [5.41, 5.74) is 1.58. The van der Waals surface area contributed by atoms with Crippen molar-refractivity contribution < 1.29 is 14.8 Å². The van der Waals surface area contributed by atoms with E-state index < -0.39 is 10.9 Å². The van der Waals surface area contributed by atoms with Gasteiger partial charge >= 0.3 is 5.97 Å². The van der Waals surface area contributed by atoms with Crippen LogP contribution in [0.1, 0.15) is 20.8 Å². The van der Waals surface area contributed by atoms with Gasteiger partial charge < -0.3 is 10.0 Å². The average Bonchev–Trinajstić information content (AvgIpc) is 2.93. The van der Waals surface area contributed by atoms with Crippen molar-refractivity contribution in [1.29, 1.82) is 0 Å². The number of carboxylic acids is 1. The summed E-state index contributed by atoms with van der Waals surface area (Å²) >= 11 is 1.69. The summed E-state index contributed by atoms with van der Waals surface area (Å²) < 4.78 is 0. The first-order valence-corrected chi connectivity index (χ1v) is 7.26. The fraction of sp³-hybridized carbons (Fsp3) is 0.214. The topological polar surface area (TPSA) is 83.7 Å². The number of benzene rings is 1. The molecule has 2 heterocycles. The minimum Gasteiger partial charge on any atom is -0.478 e. The van der Waals surface area contributed by atoms with E-state index in [1.807, 2.05) is 16.3 Å². The lowest BCUT2D eigenvalue weighted by Gasteiger charge is -2.29. The molecule has 2 aromatic rings. The van der Waals surface area contributed by atoms with Crippen LogP contribution < -0.4 is 4.90 Å². The molecule has 1 aromatic carbocycles. The Labute approximate surface area is 124 Å². The lowest BCUT2D eigenvalue weighted by atomic mass is 10.1. The Morgan fingerprint density at radius 2 is 2.19 bits per heavy atom. The number of fused-ring (bicyclic) bond motifs is 1. The molecule has 0 bridgehead atoms. The minimum atomic E-state index is -1.07. The van der Waals surface area contributed by atoms with Crippen LogP contribution in [0.25, 0.3) is 0 Å². The maximum absolute atomic E-state index is 11.3. The molecule has 1 aliphatic heterocycles. The third-order valence-electron chi connectivity index (χ3n) is 3.57. The van der Waals surface area contributed by atoms with Crippen LogP contribution >= 0.6 is 11.3 Å². The predicted molar refractivity (Wildman–Crippen MR) is 79.1 cm³/mol. The van der Waals surface area contributed by atoms with Gasteiger partial charge in [-0.1, -0.05) is 0 Å². The van der Waals surface area contributed by atoms with Crippen LogP contribution in [0.4, 0.5) is 11.4 Å². The lowest BCUT2D eigenvalue weighted by molar-refractivity contribution is -0.384. The number of nitrogens with zero attached hydrogens (tertiary/aromatic N) is 2. The highest BCUT2D eigenvalue weighted by molar-refractivity contribution is 7.10. The zero-order valence-corrected chi connectivity index (χ0v) is 11.8. The Kier molecular flexibility index (Phi) is 3.34. The van der Waals surface area contributed by atoms with E-state index in [-0.39, 0.29) is 11.3 Å². The van der Waals surface area contributed by atoms with Crippen LogP contribution in [0.3, 0.4) is 0 Å². The largest absolute Gasteiger partial charge is 0.478 e. The van der Waals surface area contributed by atoms with Gasteiger partial charge in [0, 0.05) is 30.1 Å². The van der Waals surface area contributed by atoms with Gasteiger partial charge in [0.1, 0.15) is 0 Å². The van der Waals surface area contributed by atoms with Crippen LogP contribution in [-0.2, 0) is 13.0 Å². The number of rotatable bonds is 3. The Balaban J connectivity index is 2.02. The average molecular weight is 304 g/mol. The molecular formula is C14H12N2O4S. The molecular weight excluding hydrogens is 292 g/mol. The number of aromatic carboxylic acids is 1. The molecule has 108 valence electrons. The molecule has 0 saturated heterocycles. The summed E-state index contributed by atoms with van der Waals surface area (Å²) in [7, 11) is 0. The molecule has 0 spiro atoms. The van der Waals surface area contributed by atoms with Gasteiger partial charge in [0.2, 0.25) is 0 Å². The molecule has 0 saturated carbocycles. The number of nitro benzene ring substituents is 1. The first-order chi connectivity index (χ1) is 10.1. The van der Waals surface area contributed by atoms with E-state index >= 15 is 0 Å². The summed E-state index contributed by atoms with van der Waals surface area (Å²) in [6.45, 7) is 1.25. The highest BCUT2D eigenvalue weighted by atomic mass is 32.1. The van der Waals surface area contributed by atoms with Gasteiger partial charge in [-0.2, -0.15) is 0 Å². The van der Waals surface area contributed by atoms with Crippen LogP contribution in [0.5, 0.6) is 0 Å². The summed E-state index contributed by atoms with van der Waals surface area (Å²) in [6, 6.07) is 5.90. The first-order valence-electron chi connectivity index (χ1n) is 6.38. The van der Waals surface area contributed by atoms with Gasteiger partial charge in [-0.3, -0.25) is 10.1 Å². The molecule has 6 nitrogen and oxygen atoms in total. The summed E-state index contributed by atoms with van der Waals surface area (Å²) in [5.74, 6) is -1.07. The monoisotopic (exact) mass is 304 g/mol. The standard InChI is InChI=1S/C14H12N2O4S/c17-14(18)11-2-1-10(16(19)20)7-12(11)15-5-3-13-9(8-15)4-6-21-13/h1-2,4,6-7H,3,5,8H2,(H,17,18). The Morgan fingerprint density at radius 1 is 1.38 bits per heavy atom. The third-order valence-corrected chi connectivity index (χ3v) is 4.59. The Morgan fingerprint density at radius 3 is 2.90 bits per heavy atom. The first kappa shape index (κ1) is 13.6. The van der Waals surface area contributed by atoms with E-state index in [1.165, 1.54) is 23.1 Å². The minimum absolute atomic E-state index is 0.0916. The van der Waals surface area contributed by atoms with Crippen LogP contribution in [0.2, 0.25) is 0 Å². The molecule has 1 aromatic heterocycles. The van der Waals surface area contributed by atoms with Crippen LogP contribution in [-0.4, -0.2) is 22.5 Å². The number of hydrogen-bond acceptors (Lipinski definition) is 5. The van der Waals surface area contributed by atoms with E-state index in [4.69, 9.17) is 0 Å². The molecule has 0 amide bonds. The molecule has 1 aliphatic rings. The van der Waals surface area contributed by atoms with E-state index in [0.717, 1.165) is 12.0 Å². The van der Waals surface area contributed by atoms with Gasteiger partial charge in [0.05, 0.1) is 16.2 Å². The number of carboxylic acid groups (broad SMARTS) is 1. The molecule has 3 rings (SSSR count).